The van der Waals surface area contributed by atoms with E-state index in [1.165, 1.54) is 0 Å². The van der Waals surface area contributed by atoms with Crippen LogP contribution in [-0.2, 0) is 9.53 Å². The van der Waals surface area contributed by atoms with Crippen molar-refractivity contribution in [1.82, 2.24) is 4.90 Å². The smallest absolute Gasteiger partial charge is 0.129 e. The van der Waals surface area contributed by atoms with E-state index in [0.29, 0.717) is 12.5 Å². The molecule has 98 valence electrons. The lowest BCUT2D eigenvalue weighted by Gasteiger charge is -2.37. The maximum atomic E-state index is 11.4. The molecule has 3 atom stereocenters. The zero-order chi connectivity index (χ0) is 12.3. The minimum Gasteiger partial charge on any atom is -0.395 e. The number of hydrogen-bond acceptors (Lipinski definition) is 4. The highest BCUT2D eigenvalue weighted by Gasteiger charge is 2.39. The van der Waals surface area contributed by atoms with E-state index >= 15 is 0 Å². The maximum Gasteiger partial charge on any atom is 0.129 e. The Morgan fingerprint density at radius 2 is 2.41 bits per heavy atom. The van der Waals surface area contributed by atoms with Crippen LogP contribution >= 0.6 is 0 Å². The molecule has 4 heteroatoms. The molecule has 0 aromatic carbocycles. The Balaban J connectivity index is 2.00. The molecule has 3 unspecified atom stereocenters. The first kappa shape index (κ1) is 13.0. The Morgan fingerprint density at radius 1 is 1.59 bits per heavy atom. The SMILES string of the molecule is CC1CCN(CC2(C=O)CCCOC2)C1CO. The molecular formula is C13H23NO3. The van der Waals surface area contributed by atoms with Crippen LogP contribution < -0.4 is 0 Å². The Hall–Kier alpha value is -0.450. The number of likely N-dealkylation sites (tertiary alicyclic amines) is 1. The Kier molecular flexibility index (Phi) is 4.17. The normalized spacial score (nSPS) is 39.4. The van der Waals surface area contributed by atoms with Crippen molar-refractivity contribution < 1.29 is 14.6 Å². The highest BCUT2D eigenvalue weighted by molar-refractivity contribution is 5.60. The summed E-state index contributed by atoms with van der Waals surface area (Å²) in [6.07, 6.45) is 4.07. The predicted octanol–water partition coefficient (Wildman–Crippen LogP) is 0.685. The summed E-state index contributed by atoms with van der Waals surface area (Å²) in [6.45, 7) is 5.41. The van der Waals surface area contributed by atoms with E-state index in [2.05, 4.69) is 11.8 Å². The molecule has 4 nitrogen and oxygen atoms in total. The molecule has 2 aliphatic rings. The molecule has 0 aliphatic carbocycles. The molecule has 0 spiro atoms. The summed E-state index contributed by atoms with van der Waals surface area (Å²) < 4.78 is 5.46. The average Bonchev–Trinajstić information content (AvgIpc) is 2.71. The average molecular weight is 241 g/mol. The molecule has 0 amide bonds. The van der Waals surface area contributed by atoms with Crippen molar-refractivity contribution in [2.24, 2.45) is 11.3 Å². The molecule has 0 aromatic heterocycles. The van der Waals surface area contributed by atoms with Crippen LogP contribution in [0.15, 0.2) is 0 Å². The third kappa shape index (κ3) is 2.69. The molecule has 2 aliphatic heterocycles. The fourth-order valence-corrected chi connectivity index (χ4v) is 3.11. The van der Waals surface area contributed by atoms with Gasteiger partial charge in [0.05, 0.1) is 18.6 Å². The van der Waals surface area contributed by atoms with Crippen LogP contribution in [0.2, 0.25) is 0 Å². The van der Waals surface area contributed by atoms with E-state index < -0.39 is 0 Å². The maximum absolute atomic E-state index is 11.4. The van der Waals surface area contributed by atoms with E-state index in [0.717, 1.165) is 45.2 Å². The second-order valence-corrected chi connectivity index (χ2v) is 5.62. The molecule has 0 aromatic rings. The van der Waals surface area contributed by atoms with Crippen LogP contribution in [-0.4, -0.2) is 55.2 Å². The lowest BCUT2D eigenvalue weighted by Crippen LogP contribution is -2.47. The monoisotopic (exact) mass is 241 g/mol. The van der Waals surface area contributed by atoms with Gasteiger partial charge in [0.25, 0.3) is 0 Å². The second-order valence-electron chi connectivity index (χ2n) is 5.62. The van der Waals surface area contributed by atoms with Gasteiger partial charge in [0.2, 0.25) is 0 Å². The zero-order valence-corrected chi connectivity index (χ0v) is 10.6. The summed E-state index contributed by atoms with van der Waals surface area (Å²) in [4.78, 5) is 13.6. The molecular weight excluding hydrogens is 218 g/mol. The summed E-state index contributed by atoms with van der Waals surface area (Å²) >= 11 is 0. The number of carbonyl (C=O) groups excluding carboxylic acids is 1. The fourth-order valence-electron chi connectivity index (χ4n) is 3.11. The number of hydrogen-bond donors (Lipinski definition) is 1. The van der Waals surface area contributed by atoms with Crippen LogP contribution in [0, 0.1) is 11.3 Å². The van der Waals surface area contributed by atoms with E-state index in [4.69, 9.17) is 4.74 Å². The number of rotatable bonds is 4. The van der Waals surface area contributed by atoms with Gasteiger partial charge in [0.1, 0.15) is 6.29 Å². The number of carbonyl (C=O) groups is 1. The molecule has 2 fully saturated rings. The minimum atomic E-state index is -0.338. The van der Waals surface area contributed by atoms with Gasteiger partial charge < -0.3 is 14.6 Å². The second kappa shape index (κ2) is 5.46. The van der Waals surface area contributed by atoms with Crippen LogP contribution in [0.5, 0.6) is 0 Å². The van der Waals surface area contributed by atoms with E-state index in [1.54, 1.807) is 0 Å². The quantitative estimate of drug-likeness (QED) is 0.736. The lowest BCUT2D eigenvalue weighted by molar-refractivity contribution is -0.126. The van der Waals surface area contributed by atoms with Crippen molar-refractivity contribution in [3.8, 4) is 0 Å². The number of aliphatic hydroxyl groups is 1. The van der Waals surface area contributed by atoms with Crippen LogP contribution in [0.1, 0.15) is 26.2 Å². The number of aliphatic hydroxyl groups excluding tert-OH is 1. The zero-order valence-electron chi connectivity index (χ0n) is 10.6. The number of ether oxygens (including phenoxy) is 1. The van der Waals surface area contributed by atoms with Gasteiger partial charge in [-0.3, -0.25) is 4.90 Å². The number of aldehydes is 1. The summed E-state index contributed by atoms with van der Waals surface area (Å²) in [5, 5.41) is 9.43. The fraction of sp³-hybridized carbons (Fsp3) is 0.923. The van der Waals surface area contributed by atoms with Gasteiger partial charge in [-0.15, -0.1) is 0 Å². The van der Waals surface area contributed by atoms with E-state index in [9.17, 15) is 9.90 Å². The third-order valence-corrected chi connectivity index (χ3v) is 4.31. The Bertz CT molecular complexity index is 263. The van der Waals surface area contributed by atoms with Crippen LogP contribution in [0.3, 0.4) is 0 Å². The molecule has 0 radical (unpaired) electrons. The Morgan fingerprint density at radius 3 is 3.00 bits per heavy atom. The van der Waals surface area contributed by atoms with Gasteiger partial charge in [-0.2, -0.15) is 0 Å². The molecule has 2 saturated heterocycles. The largest absolute Gasteiger partial charge is 0.395 e. The van der Waals surface area contributed by atoms with Crippen molar-refractivity contribution in [2.45, 2.75) is 32.2 Å². The van der Waals surface area contributed by atoms with Gasteiger partial charge in [0.15, 0.2) is 0 Å². The third-order valence-electron chi connectivity index (χ3n) is 4.31. The highest BCUT2D eigenvalue weighted by Crippen LogP contribution is 2.32. The summed E-state index contributed by atoms with van der Waals surface area (Å²) in [7, 11) is 0. The molecule has 2 heterocycles. The van der Waals surface area contributed by atoms with Crippen LogP contribution in [0.4, 0.5) is 0 Å². The highest BCUT2D eigenvalue weighted by atomic mass is 16.5. The van der Waals surface area contributed by atoms with Crippen LogP contribution in [0.25, 0.3) is 0 Å². The van der Waals surface area contributed by atoms with Crippen molar-refractivity contribution in [3.05, 3.63) is 0 Å². The van der Waals surface area contributed by atoms with Crippen molar-refractivity contribution in [1.29, 1.82) is 0 Å². The van der Waals surface area contributed by atoms with Crippen molar-refractivity contribution in [3.63, 3.8) is 0 Å². The molecule has 17 heavy (non-hydrogen) atoms. The summed E-state index contributed by atoms with van der Waals surface area (Å²) in [5.41, 5.74) is -0.338. The van der Waals surface area contributed by atoms with Gasteiger partial charge in [-0.25, -0.2) is 0 Å². The predicted molar refractivity (Wildman–Crippen MR) is 64.8 cm³/mol. The van der Waals surface area contributed by atoms with Crippen molar-refractivity contribution in [2.75, 3.05) is 32.9 Å². The standard InChI is InChI=1S/C13H23NO3/c1-11-3-5-14(12(11)7-15)8-13(9-16)4-2-6-17-10-13/h9,11-12,15H,2-8,10H2,1H3. The topological polar surface area (TPSA) is 49.8 Å². The van der Waals surface area contributed by atoms with Gasteiger partial charge in [-0.1, -0.05) is 6.92 Å². The summed E-state index contributed by atoms with van der Waals surface area (Å²) in [6, 6.07) is 0.216. The molecule has 0 saturated carbocycles. The van der Waals surface area contributed by atoms with E-state index in [-0.39, 0.29) is 18.1 Å². The summed E-state index contributed by atoms with van der Waals surface area (Å²) in [5.74, 6) is 0.521. The first-order valence-corrected chi connectivity index (χ1v) is 6.60. The van der Waals surface area contributed by atoms with E-state index in [1.807, 2.05) is 0 Å². The minimum absolute atomic E-state index is 0.191. The van der Waals surface area contributed by atoms with Gasteiger partial charge >= 0.3 is 0 Å². The number of nitrogens with zero attached hydrogens (tertiary/aromatic N) is 1. The molecule has 2 rings (SSSR count). The Labute approximate surface area is 103 Å². The van der Waals surface area contributed by atoms with Gasteiger partial charge in [0, 0.05) is 19.2 Å². The molecule has 1 N–H and O–H groups in total. The lowest BCUT2D eigenvalue weighted by atomic mass is 9.83. The first-order chi connectivity index (χ1) is 8.21. The van der Waals surface area contributed by atoms with Gasteiger partial charge in [-0.05, 0) is 31.7 Å². The molecule has 0 bridgehead atoms. The van der Waals surface area contributed by atoms with Crippen molar-refractivity contribution >= 4 is 6.29 Å². The first-order valence-electron chi connectivity index (χ1n) is 6.60.